The third-order valence-electron chi connectivity index (χ3n) is 4.31. The van der Waals surface area contributed by atoms with Crippen molar-refractivity contribution in [3.05, 3.63) is 48.0 Å². The average Bonchev–Trinajstić information content (AvgIpc) is 2.85. The maximum absolute atomic E-state index is 12.0. The number of carbonyl (C=O) groups is 3. The molecule has 0 spiro atoms. The quantitative estimate of drug-likeness (QED) is 0.652. The predicted molar refractivity (Wildman–Crippen MR) is 82.0 cm³/mol. The lowest BCUT2D eigenvalue weighted by molar-refractivity contribution is -0.126. The Morgan fingerprint density at radius 2 is 1.83 bits per heavy atom. The molecule has 1 aromatic carbocycles. The van der Waals surface area contributed by atoms with Gasteiger partial charge in [-0.1, -0.05) is 49.4 Å². The van der Waals surface area contributed by atoms with Crippen LogP contribution in [0.25, 0.3) is 0 Å². The van der Waals surface area contributed by atoms with E-state index in [1.54, 1.807) is 6.08 Å². The van der Waals surface area contributed by atoms with Gasteiger partial charge in [0.05, 0.1) is 17.9 Å². The second-order valence-corrected chi connectivity index (χ2v) is 5.88. The molecule has 1 aliphatic heterocycles. The molecule has 2 N–H and O–H groups in total. The topological polar surface area (TPSA) is 84.5 Å². The number of ether oxygens (including phenoxy) is 1. The van der Waals surface area contributed by atoms with Crippen LogP contribution in [0.3, 0.4) is 0 Å². The molecule has 3 rings (SSSR count). The van der Waals surface area contributed by atoms with Crippen LogP contribution < -0.4 is 10.6 Å². The summed E-state index contributed by atoms with van der Waals surface area (Å²) in [6.07, 6.45) is 3.00. The van der Waals surface area contributed by atoms with E-state index in [0.29, 0.717) is 0 Å². The summed E-state index contributed by atoms with van der Waals surface area (Å²) in [6.45, 7) is 2.04. The predicted octanol–water partition coefficient (Wildman–Crippen LogP) is 1.38. The van der Waals surface area contributed by atoms with Gasteiger partial charge in [-0.05, 0) is 11.5 Å². The number of benzene rings is 1. The number of allylic oxidation sites excluding steroid dienone is 1. The molecule has 0 aromatic heterocycles. The fourth-order valence-electron chi connectivity index (χ4n) is 3.14. The molecular weight excluding hydrogens is 296 g/mol. The van der Waals surface area contributed by atoms with Crippen molar-refractivity contribution in [2.45, 2.75) is 19.6 Å². The summed E-state index contributed by atoms with van der Waals surface area (Å²) >= 11 is 0. The second-order valence-electron chi connectivity index (χ2n) is 5.88. The van der Waals surface area contributed by atoms with Gasteiger partial charge in [0.25, 0.3) is 0 Å². The van der Waals surface area contributed by atoms with Crippen LogP contribution in [-0.4, -0.2) is 23.9 Å². The SMILES string of the molecule is C[C@H]1C=C[C@@H](NC(=O)OCc2ccccc2)[C@H]2C(=O)NC(=O)[C@H]21. The Hall–Kier alpha value is -2.63. The van der Waals surface area contributed by atoms with E-state index in [1.807, 2.05) is 43.3 Å². The van der Waals surface area contributed by atoms with Crippen LogP contribution in [0, 0.1) is 17.8 Å². The van der Waals surface area contributed by atoms with Crippen molar-refractivity contribution >= 4 is 17.9 Å². The molecule has 1 aliphatic carbocycles. The number of fused-ring (bicyclic) bond motifs is 1. The van der Waals surface area contributed by atoms with Crippen LogP contribution in [0.1, 0.15) is 12.5 Å². The van der Waals surface area contributed by atoms with Gasteiger partial charge in [0.2, 0.25) is 11.8 Å². The second kappa shape index (κ2) is 6.24. The molecule has 0 bridgehead atoms. The van der Waals surface area contributed by atoms with Gasteiger partial charge in [0, 0.05) is 0 Å². The normalized spacial score (nSPS) is 28.9. The molecular formula is C17H18N2O4. The monoisotopic (exact) mass is 314 g/mol. The molecule has 0 unspecified atom stereocenters. The van der Waals surface area contributed by atoms with E-state index in [9.17, 15) is 14.4 Å². The van der Waals surface area contributed by atoms with Crippen molar-refractivity contribution in [2.24, 2.45) is 17.8 Å². The van der Waals surface area contributed by atoms with Crippen LogP contribution in [0.5, 0.6) is 0 Å². The summed E-state index contributed by atoms with van der Waals surface area (Å²) < 4.78 is 5.17. The van der Waals surface area contributed by atoms with E-state index in [4.69, 9.17) is 4.74 Å². The number of rotatable bonds is 3. The lowest BCUT2D eigenvalue weighted by atomic mass is 9.75. The molecule has 1 aromatic rings. The fraction of sp³-hybridized carbons (Fsp3) is 0.353. The highest BCUT2D eigenvalue weighted by atomic mass is 16.5. The van der Waals surface area contributed by atoms with Gasteiger partial charge in [-0.25, -0.2) is 4.79 Å². The third-order valence-corrected chi connectivity index (χ3v) is 4.31. The molecule has 4 atom stereocenters. The van der Waals surface area contributed by atoms with Gasteiger partial charge in [-0.3, -0.25) is 14.9 Å². The number of hydrogen-bond donors (Lipinski definition) is 2. The van der Waals surface area contributed by atoms with Gasteiger partial charge in [0.1, 0.15) is 6.61 Å². The molecule has 1 heterocycles. The van der Waals surface area contributed by atoms with Gasteiger partial charge >= 0.3 is 6.09 Å². The first kappa shape index (κ1) is 15.3. The van der Waals surface area contributed by atoms with E-state index in [2.05, 4.69) is 10.6 Å². The van der Waals surface area contributed by atoms with Gasteiger partial charge < -0.3 is 10.1 Å². The van der Waals surface area contributed by atoms with Crippen LogP contribution in [-0.2, 0) is 20.9 Å². The van der Waals surface area contributed by atoms with Gasteiger partial charge in [0.15, 0.2) is 0 Å². The van der Waals surface area contributed by atoms with E-state index in [0.717, 1.165) is 5.56 Å². The Labute approximate surface area is 133 Å². The fourth-order valence-corrected chi connectivity index (χ4v) is 3.14. The Morgan fingerprint density at radius 1 is 1.13 bits per heavy atom. The van der Waals surface area contributed by atoms with Crippen LogP contribution in [0.15, 0.2) is 42.5 Å². The number of alkyl carbamates (subject to hydrolysis) is 1. The van der Waals surface area contributed by atoms with Crippen LogP contribution in [0.4, 0.5) is 4.79 Å². The summed E-state index contributed by atoms with van der Waals surface area (Å²) in [6, 6.07) is 8.78. The molecule has 0 saturated carbocycles. The molecule has 120 valence electrons. The first-order chi connectivity index (χ1) is 11.1. The van der Waals surface area contributed by atoms with E-state index < -0.39 is 24.0 Å². The molecule has 6 heteroatoms. The zero-order chi connectivity index (χ0) is 16.4. The molecule has 2 aliphatic rings. The highest BCUT2D eigenvalue weighted by Crippen LogP contribution is 2.34. The number of carbonyl (C=O) groups excluding carboxylic acids is 3. The van der Waals surface area contributed by atoms with Gasteiger partial charge in [-0.2, -0.15) is 0 Å². The smallest absolute Gasteiger partial charge is 0.407 e. The van der Waals surface area contributed by atoms with Gasteiger partial charge in [-0.15, -0.1) is 0 Å². The summed E-state index contributed by atoms with van der Waals surface area (Å²) in [5.74, 6) is -1.67. The number of imide groups is 1. The Morgan fingerprint density at radius 3 is 2.57 bits per heavy atom. The number of hydrogen-bond acceptors (Lipinski definition) is 4. The Kier molecular flexibility index (Phi) is 4.14. The summed E-state index contributed by atoms with van der Waals surface area (Å²) in [5.41, 5.74) is 0.877. The summed E-state index contributed by atoms with van der Waals surface area (Å²) in [4.78, 5) is 35.8. The van der Waals surface area contributed by atoms with E-state index in [-0.39, 0.29) is 24.3 Å². The maximum Gasteiger partial charge on any atom is 0.407 e. The first-order valence-corrected chi connectivity index (χ1v) is 7.56. The van der Waals surface area contributed by atoms with Crippen LogP contribution >= 0.6 is 0 Å². The molecule has 1 saturated heterocycles. The molecule has 0 radical (unpaired) electrons. The lowest BCUT2D eigenvalue weighted by Gasteiger charge is -2.30. The number of amides is 3. The highest BCUT2D eigenvalue weighted by molar-refractivity contribution is 6.06. The van der Waals surface area contributed by atoms with E-state index >= 15 is 0 Å². The van der Waals surface area contributed by atoms with Crippen molar-refractivity contribution in [3.8, 4) is 0 Å². The minimum absolute atomic E-state index is 0.0372. The largest absolute Gasteiger partial charge is 0.445 e. The lowest BCUT2D eigenvalue weighted by Crippen LogP contribution is -2.46. The van der Waals surface area contributed by atoms with Crippen molar-refractivity contribution in [1.82, 2.24) is 10.6 Å². The minimum atomic E-state index is -0.607. The number of nitrogens with one attached hydrogen (secondary N) is 2. The molecule has 23 heavy (non-hydrogen) atoms. The summed E-state index contributed by atoms with van der Waals surface area (Å²) in [5, 5.41) is 5.01. The van der Waals surface area contributed by atoms with E-state index in [1.165, 1.54) is 0 Å². The zero-order valence-corrected chi connectivity index (χ0v) is 12.7. The Bertz CT molecular complexity index is 656. The van der Waals surface area contributed by atoms with Crippen LogP contribution in [0.2, 0.25) is 0 Å². The van der Waals surface area contributed by atoms with Crippen molar-refractivity contribution in [1.29, 1.82) is 0 Å². The third kappa shape index (κ3) is 3.11. The molecule has 1 fully saturated rings. The zero-order valence-electron chi connectivity index (χ0n) is 12.7. The Balaban J connectivity index is 1.63. The van der Waals surface area contributed by atoms with Crippen molar-refractivity contribution < 1.29 is 19.1 Å². The highest BCUT2D eigenvalue weighted by Gasteiger charge is 2.49. The minimum Gasteiger partial charge on any atom is -0.445 e. The average molecular weight is 314 g/mol. The standard InChI is InChI=1S/C17H18N2O4/c1-10-7-8-12(14-13(10)15(20)19-16(14)21)18-17(22)23-9-11-5-3-2-4-6-11/h2-8,10,12-14H,9H2,1H3,(H,18,22)(H,19,20,21)/t10-,12+,13-,14+/m0/s1. The van der Waals surface area contributed by atoms with Crippen molar-refractivity contribution in [2.75, 3.05) is 0 Å². The molecule has 3 amide bonds. The van der Waals surface area contributed by atoms with Crippen molar-refractivity contribution in [3.63, 3.8) is 0 Å². The molecule has 6 nitrogen and oxygen atoms in total. The maximum atomic E-state index is 12.0. The first-order valence-electron chi connectivity index (χ1n) is 7.56. The summed E-state index contributed by atoms with van der Waals surface area (Å²) in [7, 11) is 0.